The molecule has 1 fully saturated rings. The monoisotopic (exact) mass is 329 g/mol. The van der Waals surface area contributed by atoms with Crippen LogP contribution in [0.15, 0.2) is 18.2 Å². The normalized spacial score (nSPS) is 16.5. The first-order valence-electron chi connectivity index (χ1n) is 6.27. The highest BCUT2D eigenvalue weighted by Gasteiger charge is 2.16. The van der Waals surface area contributed by atoms with E-state index in [1.807, 2.05) is 17.8 Å². The lowest BCUT2D eigenvalue weighted by Crippen LogP contribution is -2.33. The van der Waals surface area contributed by atoms with Crippen molar-refractivity contribution in [2.45, 2.75) is 6.54 Å². The molecule has 2 aromatic rings. The summed E-state index contributed by atoms with van der Waals surface area (Å²) in [6.45, 7) is 2.88. The Kier molecular flexibility index (Phi) is 4.45. The maximum absolute atomic E-state index is 6.05. The molecule has 1 aliphatic rings. The van der Waals surface area contributed by atoms with E-state index in [1.54, 1.807) is 16.8 Å². The van der Waals surface area contributed by atoms with Crippen LogP contribution in [0, 0.1) is 0 Å². The van der Waals surface area contributed by atoms with Crippen LogP contribution in [0.4, 0.5) is 0 Å². The summed E-state index contributed by atoms with van der Waals surface area (Å²) in [5.41, 5.74) is 0.825. The molecule has 0 spiro atoms. The maximum Gasteiger partial charge on any atom is 0.170 e. The zero-order valence-corrected chi connectivity index (χ0v) is 13.0. The summed E-state index contributed by atoms with van der Waals surface area (Å²) in [6, 6.07) is 5.39. The molecular formula is C12H13Cl2N5S. The minimum atomic E-state index is 0.500. The molecule has 0 radical (unpaired) electrons. The van der Waals surface area contributed by atoms with Crippen LogP contribution in [0.2, 0.25) is 10.0 Å². The Bertz CT molecular complexity index is 597. The van der Waals surface area contributed by atoms with E-state index in [0.717, 1.165) is 42.7 Å². The Morgan fingerprint density at radius 1 is 1.15 bits per heavy atom. The predicted molar refractivity (Wildman–Crippen MR) is 81.8 cm³/mol. The van der Waals surface area contributed by atoms with Gasteiger partial charge < -0.3 is 0 Å². The minimum Gasteiger partial charge on any atom is -0.294 e. The number of benzene rings is 1. The van der Waals surface area contributed by atoms with Gasteiger partial charge in [-0.3, -0.25) is 4.90 Å². The van der Waals surface area contributed by atoms with Crippen molar-refractivity contribution in [2.75, 3.05) is 24.6 Å². The Balaban J connectivity index is 1.83. The Morgan fingerprint density at radius 2 is 1.95 bits per heavy atom. The molecule has 1 aliphatic heterocycles. The molecule has 0 amide bonds. The molecule has 0 aliphatic carbocycles. The van der Waals surface area contributed by atoms with Crippen LogP contribution in [0.3, 0.4) is 0 Å². The average molecular weight is 330 g/mol. The second-order valence-corrected chi connectivity index (χ2v) is 6.53. The van der Waals surface area contributed by atoms with Crippen molar-refractivity contribution in [1.29, 1.82) is 0 Å². The number of tetrazole rings is 1. The topological polar surface area (TPSA) is 46.8 Å². The quantitative estimate of drug-likeness (QED) is 0.865. The minimum absolute atomic E-state index is 0.500. The molecule has 20 heavy (non-hydrogen) atoms. The average Bonchev–Trinajstić information content (AvgIpc) is 2.91. The standard InChI is InChI=1S/C12H13Cl2N5S/c13-10-2-1-9(7-11(10)14)19-12(15-16-17-19)8-18-3-5-20-6-4-18/h1-2,7H,3-6,8H2. The highest BCUT2D eigenvalue weighted by Crippen LogP contribution is 2.24. The largest absolute Gasteiger partial charge is 0.294 e. The van der Waals surface area contributed by atoms with Crippen molar-refractivity contribution >= 4 is 35.0 Å². The third-order valence-corrected chi connectivity index (χ3v) is 4.83. The lowest BCUT2D eigenvalue weighted by atomic mass is 10.3. The van der Waals surface area contributed by atoms with E-state index >= 15 is 0 Å². The van der Waals surface area contributed by atoms with Crippen LogP contribution in [0.5, 0.6) is 0 Å². The molecule has 0 N–H and O–H groups in total. The zero-order valence-electron chi connectivity index (χ0n) is 10.7. The summed E-state index contributed by atoms with van der Waals surface area (Å²) in [6.07, 6.45) is 0. The zero-order chi connectivity index (χ0) is 13.9. The van der Waals surface area contributed by atoms with Gasteiger partial charge in [-0.05, 0) is 28.6 Å². The maximum atomic E-state index is 6.05. The summed E-state index contributed by atoms with van der Waals surface area (Å²) in [5, 5.41) is 13.0. The fourth-order valence-electron chi connectivity index (χ4n) is 2.08. The number of thioether (sulfide) groups is 1. The van der Waals surface area contributed by atoms with Gasteiger partial charge in [0, 0.05) is 24.6 Å². The fourth-order valence-corrected chi connectivity index (χ4v) is 3.35. The summed E-state index contributed by atoms with van der Waals surface area (Å²) < 4.78 is 1.71. The molecule has 0 atom stereocenters. The Hall–Kier alpha value is -0.820. The molecule has 1 saturated heterocycles. The van der Waals surface area contributed by atoms with Crippen LogP contribution in [0.25, 0.3) is 5.69 Å². The van der Waals surface area contributed by atoms with Crippen molar-refractivity contribution in [3.63, 3.8) is 0 Å². The van der Waals surface area contributed by atoms with Gasteiger partial charge in [0.25, 0.3) is 0 Å². The van der Waals surface area contributed by atoms with Crippen LogP contribution < -0.4 is 0 Å². The second kappa shape index (κ2) is 6.30. The second-order valence-electron chi connectivity index (χ2n) is 4.49. The summed E-state index contributed by atoms with van der Waals surface area (Å²) >= 11 is 14.0. The van der Waals surface area contributed by atoms with E-state index in [2.05, 4.69) is 20.4 Å². The van der Waals surface area contributed by atoms with Crippen molar-refractivity contribution in [3.8, 4) is 5.69 Å². The molecule has 0 saturated carbocycles. The van der Waals surface area contributed by atoms with Crippen molar-refractivity contribution in [3.05, 3.63) is 34.1 Å². The van der Waals surface area contributed by atoms with Gasteiger partial charge in [-0.15, -0.1) is 5.10 Å². The number of rotatable bonds is 3. The fraction of sp³-hybridized carbons (Fsp3) is 0.417. The summed E-state index contributed by atoms with van der Waals surface area (Å²) in [4.78, 5) is 2.36. The van der Waals surface area contributed by atoms with Crippen molar-refractivity contribution in [1.82, 2.24) is 25.1 Å². The van der Waals surface area contributed by atoms with E-state index in [9.17, 15) is 0 Å². The van der Waals surface area contributed by atoms with E-state index in [4.69, 9.17) is 23.2 Å². The Labute approximate surface area is 131 Å². The number of halogens is 2. The van der Waals surface area contributed by atoms with E-state index in [-0.39, 0.29) is 0 Å². The van der Waals surface area contributed by atoms with Crippen LogP contribution >= 0.6 is 35.0 Å². The van der Waals surface area contributed by atoms with E-state index in [1.165, 1.54) is 0 Å². The number of nitrogens with zero attached hydrogens (tertiary/aromatic N) is 5. The predicted octanol–water partition coefficient (Wildman–Crippen LogP) is 2.52. The van der Waals surface area contributed by atoms with Crippen molar-refractivity contribution in [2.24, 2.45) is 0 Å². The molecule has 3 rings (SSSR count). The van der Waals surface area contributed by atoms with Gasteiger partial charge in [0.2, 0.25) is 0 Å². The van der Waals surface area contributed by atoms with E-state index < -0.39 is 0 Å². The summed E-state index contributed by atoms with van der Waals surface area (Å²) in [7, 11) is 0. The van der Waals surface area contributed by atoms with Gasteiger partial charge in [0.1, 0.15) is 0 Å². The summed E-state index contributed by atoms with van der Waals surface area (Å²) in [5.74, 6) is 3.14. The number of hydrogen-bond acceptors (Lipinski definition) is 5. The number of hydrogen-bond donors (Lipinski definition) is 0. The molecule has 0 unspecified atom stereocenters. The molecule has 1 aromatic heterocycles. The van der Waals surface area contributed by atoms with Crippen LogP contribution in [0.1, 0.15) is 5.82 Å². The van der Waals surface area contributed by atoms with Gasteiger partial charge in [-0.1, -0.05) is 23.2 Å². The first kappa shape index (κ1) is 14.1. The van der Waals surface area contributed by atoms with Crippen LogP contribution in [-0.2, 0) is 6.54 Å². The first-order valence-corrected chi connectivity index (χ1v) is 8.18. The van der Waals surface area contributed by atoms with Gasteiger partial charge in [-0.2, -0.15) is 16.4 Å². The third kappa shape index (κ3) is 3.09. The Morgan fingerprint density at radius 3 is 2.70 bits per heavy atom. The molecule has 5 nitrogen and oxygen atoms in total. The first-order chi connectivity index (χ1) is 9.74. The third-order valence-electron chi connectivity index (χ3n) is 3.15. The molecule has 106 valence electrons. The van der Waals surface area contributed by atoms with Gasteiger partial charge in [0.05, 0.1) is 22.3 Å². The highest BCUT2D eigenvalue weighted by atomic mass is 35.5. The van der Waals surface area contributed by atoms with Gasteiger partial charge in [0.15, 0.2) is 5.82 Å². The molecule has 8 heteroatoms. The van der Waals surface area contributed by atoms with Gasteiger partial charge >= 0.3 is 0 Å². The van der Waals surface area contributed by atoms with Crippen molar-refractivity contribution < 1.29 is 0 Å². The number of aromatic nitrogens is 4. The molecule has 1 aromatic carbocycles. The van der Waals surface area contributed by atoms with Gasteiger partial charge in [-0.25, -0.2) is 0 Å². The smallest absolute Gasteiger partial charge is 0.170 e. The SMILES string of the molecule is Clc1ccc(-n2nnnc2CN2CCSCC2)cc1Cl. The lowest BCUT2D eigenvalue weighted by molar-refractivity contribution is 0.284. The lowest BCUT2D eigenvalue weighted by Gasteiger charge is -2.25. The van der Waals surface area contributed by atoms with Crippen LogP contribution in [-0.4, -0.2) is 49.7 Å². The molecule has 2 heterocycles. The highest BCUT2D eigenvalue weighted by molar-refractivity contribution is 7.99. The molecule has 0 bridgehead atoms. The van der Waals surface area contributed by atoms with E-state index in [0.29, 0.717) is 10.0 Å². The molecular weight excluding hydrogens is 317 g/mol.